The molecule has 1 aliphatic heterocycles. The van der Waals surface area contributed by atoms with Gasteiger partial charge >= 0.3 is 12.1 Å². The first-order valence-electron chi connectivity index (χ1n) is 8.88. The van der Waals surface area contributed by atoms with Gasteiger partial charge in [0.25, 0.3) is 0 Å². The molecule has 2 fully saturated rings. The molecule has 3 rings (SSSR count). The second kappa shape index (κ2) is 8.09. The minimum atomic E-state index is -0.134. The molecule has 1 saturated heterocycles. The smallest absolute Gasteiger partial charge is 0.321 e. The highest BCUT2D eigenvalue weighted by molar-refractivity contribution is 5.89. The summed E-state index contributed by atoms with van der Waals surface area (Å²) in [5.74, 6) is 1.42. The molecule has 0 radical (unpaired) electrons. The van der Waals surface area contributed by atoms with Crippen molar-refractivity contribution in [3.8, 4) is 5.75 Å². The van der Waals surface area contributed by atoms with E-state index >= 15 is 0 Å². The number of nitrogens with zero attached hydrogens (tertiary/aromatic N) is 2. The number of urea groups is 2. The van der Waals surface area contributed by atoms with E-state index in [-0.39, 0.29) is 12.1 Å². The van der Waals surface area contributed by atoms with Gasteiger partial charge in [-0.2, -0.15) is 0 Å². The molecule has 7 nitrogen and oxygen atoms in total. The molecule has 0 bridgehead atoms. The molecule has 1 heterocycles. The van der Waals surface area contributed by atoms with Crippen molar-refractivity contribution in [2.24, 2.45) is 5.92 Å². The molecule has 1 saturated carbocycles. The van der Waals surface area contributed by atoms with Gasteiger partial charge in [0.05, 0.1) is 7.11 Å². The zero-order chi connectivity index (χ0) is 17.6. The number of carbonyl (C=O) groups is 2. The molecule has 4 amide bonds. The number of amides is 4. The highest BCUT2D eigenvalue weighted by Crippen LogP contribution is 2.27. The number of methoxy groups -OCH3 is 1. The number of hydrogen-bond acceptors (Lipinski definition) is 3. The third kappa shape index (κ3) is 5.01. The third-order valence-electron chi connectivity index (χ3n) is 4.65. The van der Waals surface area contributed by atoms with Crippen LogP contribution in [0.15, 0.2) is 24.3 Å². The van der Waals surface area contributed by atoms with Crippen molar-refractivity contribution in [1.29, 1.82) is 0 Å². The zero-order valence-corrected chi connectivity index (χ0v) is 14.7. The summed E-state index contributed by atoms with van der Waals surface area (Å²) in [6.07, 6.45) is 3.23. The summed E-state index contributed by atoms with van der Waals surface area (Å²) in [7, 11) is 1.61. The second-order valence-electron chi connectivity index (χ2n) is 6.62. The van der Waals surface area contributed by atoms with Gasteiger partial charge in [0.15, 0.2) is 0 Å². The monoisotopic (exact) mass is 346 g/mol. The van der Waals surface area contributed by atoms with Gasteiger partial charge in [-0.15, -0.1) is 0 Å². The standard InChI is InChI=1S/C18H26N4O3/c1-25-16-7-5-15(6-8-16)20-18(24)22-10-2-9-21(11-12-22)17(23)19-13-14-3-4-14/h5-8,14H,2-4,9-13H2,1H3,(H,19,23)(H,20,24). The van der Waals surface area contributed by atoms with Crippen LogP contribution in [-0.4, -0.2) is 61.7 Å². The van der Waals surface area contributed by atoms with E-state index in [2.05, 4.69) is 10.6 Å². The van der Waals surface area contributed by atoms with Gasteiger partial charge in [-0.3, -0.25) is 0 Å². The summed E-state index contributed by atoms with van der Waals surface area (Å²) in [4.78, 5) is 28.2. The molecule has 0 unspecified atom stereocenters. The maximum atomic E-state index is 12.4. The average Bonchev–Trinajstić information content (AvgIpc) is 3.46. The van der Waals surface area contributed by atoms with Crippen LogP contribution in [0.2, 0.25) is 0 Å². The zero-order valence-electron chi connectivity index (χ0n) is 14.7. The Kier molecular flexibility index (Phi) is 5.63. The van der Waals surface area contributed by atoms with Crippen molar-refractivity contribution in [3.05, 3.63) is 24.3 Å². The van der Waals surface area contributed by atoms with E-state index in [1.54, 1.807) is 12.0 Å². The van der Waals surface area contributed by atoms with E-state index < -0.39 is 0 Å². The summed E-state index contributed by atoms with van der Waals surface area (Å²) in [6.45, 7) is 3.21. The topological polar surface area (TPSA) is 73.9 Å². The van der Waals surface area contributed by atoms with Gasteiger partial charge in [0.2, 0.25) is 0 Å². The van der Waals surface area contributed by atoms with Gasteiger partial charge in [0.1, 0.15) is 5.75 Å². The second-order valence-corrected chi connectivity index (χ2v) is 6.62. The van der Waals surface area contributed by atoms with Crippen molar-refractivity contribution >= 4 is 17.7 Å². The van der Waals surface area contributed by atoms with E-state index in [0.29, 0.717) is 32.1 Å². The van der Waals surface area contributed by atoms with Crippen LogP contribution in [0.4, 0.5) is 15.3 Å². The summed E-state index contributed by atoms with van der Waals surface area (Å²) >= 11 is 0. The average molecular weight is 346 g/mol. The van der Waals surface area contributed by atoms with Crippen molar-refractivity contribution in [1.82, 2.24) is 15.1 Å². The lowest BCUT2D eigenvalue weighted by Gasteiger charge is -2.22. The van der Waals surface area contributed by atoms with Gasteiger partial charge in [-0.1, -0.05) is 0 Å². The number of ether oxygens (including phenoxy) is 1. The summed E-state index contributed by atoms with van der Waals surface area (Å²) in [5, 5.41) is 5.89. The number of hydrogen-bond donors (Lipinski definition) is 2. The Labute approximate surface area is 148 Å². The number of benzene rings is 1. The van der Waals surface area contributed by atoms with Crippen molar-refractivity contribution in [2.75, 3.05) is 45.2 Å². The van der Waals surface area contributed by atoms with Crippen LogP contribution in [-0.2, 0) is 0 Å². The fraction of sp³-hybridized carbons (Fsp3) is 0.556. The molecular formula is C18H26N4O3. The number of anilines is 1. The molecule has 25 heavy (non-hydrogen) atoms. The summed E-state index contributed by atoms with van der Waals surface area (Å²) < 4.78 is 5.11. The minimum Gasteiger partial charge on any atom is -0.497 e. The Bertz CT molecular complexity index is 601. The van der Waals surface area contributed by atoms with Crippen LogP contribution in [0.25, 0.3) is 0 Å². The molecule has 0 atom stereocenters. The molecular weight excluding hydrogens is 320 g/mol. The number of rotatable bonds is 4. The van der Waals surface area contributed by atoms with Gasteiger partial charge in [-0.05, 0) is 49.4 Å². The first-order valence-corrected chi connectivity index (χ1v) is 8.88. The highest BCUT2D eigenvalue weighted by atomic mass is 16.5. The van der Waals surface area contributed by atoms with Crippen LogP contribution >= 0.6 is 0 Å². The van der Waals surface area contributed by atoms with Crippen LogP contribution < -0.4 is 15.4 Å². The van der Waals surface area contributed by atoms with Crippen LogP contribution in [0.1, 0.15) is 19.3 Å². The van der Waals surface area contributed by atoms with Crippen molar-refractivity contribution in [2.45, 2.75) is 19.3 Å². The molecule has 7 heteroatoms. The van der Waals surface area contributed by atoms with E-state index in [4.69, 9.17) is 4.74 Å². The van der Waals surface area contributed by atoms with Crippen LogP contribution in [0, 0.1) is 5.92 Å². The largest absolute Gasteiger partial charge is 0.497 e. The minimum absolute atomic E-state index is 0.00990. The van der Waals surface area contributed by atoms with E-state index in [1.165, 1.54) is 12.8 Å². The Hall–Kier alpha value is -2.44. The maximum Gasteiger partial charge on any atom is 0.321 e. The highest BCUT2D eigenvalue weighted by Gasteiger charge is 2.25. The quantitative estimate of drug-likeness (QED) is 0.879. The van der Waals surface area contributed by atoms with Gasteiger partial charge < -0.3 is 25.2 Å². The van der Waals surface area contributed by atoms with Gasteiger partial charge in [-0.25, -0.2) is 9.59 Å². The number of carbonyl (C=O) groups excluding carboxylic acids is 2. The van der Waals surface area contributed by atoms with E-state index in [9.17, 15) is 9.59 Å². The molecule has 0 aromatic heterocycles. The SMILES string of the molecule is COc1ccc(NC(=O)N2CCCN(C(=O)NCC3CC3)CC2)cc1. The fourth-order valence-corrected chi connectivity index (χ4v) is 2.87. The van der Waals surface area contributed by atoms with Crippen molar-refractivity contribution < 1.29 is 14.3 Å². The Balaban J connectivity index is 1.47. The Morgan fingerprint density at radius 2 is 1.68 bits per heavy atom. The molecule has 1 aromatic rings. The van der Waals surface area contributed by atoms with Crippen LogP contribution in [0.3, 0.4) is 0 Å². The number of nitrogens with one attached hydrogen (secondary N) is 2. The first kappa shape index (κ1) is 17.4. The maximum absolute atomic E-state index is 12.4. The molecule has 136 valence electrons. The predicted molar refractivity (Wildman–Crippen MR) is 95.9 cm³/mol. The molecule has 2 N–H and O–H groups in total. The lowest BCUT2D eigenvalue weighted by molar-refractivity contribution is 0.195. The normalized spacial score (nSPS) is 17.6. The third-order valence-corrected chi connectivity index (χ3v) is 4.65. The summed E-state index contributed by atoms with van der Waals surface area (Å²) in [6, 6.07) is 7.10. The summed E-state index contributed by atoms with van der Waals surface area (Å²) in [5.41, 5.74) is 0.731. The molecule has 1 aliphatic carbocycles. The predicted octanol–water partition coefficient (Wildman–Crippen LogP) is 2.35. The lowest BCUT2D eigenvalue weighted by Crippen LogP contribution is -2.43. The molecule has 0 spiro atoms. The molecule has 2 aliphatic rings. The first-order chi connectivity index (χ1) is 12.2. The molecule has 1 aromatic carbocycles. The fourth-order valence-electron chi connectivity index (χ4n) is 2.87. The van der Waals surface area contributed by atoms with E-state index in [1.807, 2.05) is 29.2 Å². The van der Waals surface area contributed by atoms with Gasteiger partial charge in [0, 0.05) is 38.4 Å². The van der Waals surface area contributed by atoms with Crippen molar-refractivity contribution in [3.63, 3.8) is 0 Å². The van der Waals surface area contributed by atoms with E-state index in [0.717, 1.165) is 24.4 Å². The van der Waals surface area contributed by atoms with Crippen LogP contribution in [0.5, 0.6) is 5.75 Å². The Morgan fingerprint density at radius 1 is 1.04 bits per heavy atom. The Morgan fingerprint density at radius 3 is 2.28 bits per heavy atom. The lowest BCUT2D eigenvalue weighted by atomic mass is 10.3.